The third kappa shape index (κ3) is 5.21. The highest BCUT2D eigenvalue weighted by Gasteiger charge is 2.12. The molecule has 2 amide bonds. The van der Waals surface area contributed by atoms with Crippen LogP contribution in [0.3, 0.4) is 0 Å². The number of nitrogens with zero attached hydrogens (tertiary/aromatic N) is 3. The Morgan fingerprint density at radius 1 is 1.09 bits per heavy atom. The van der Waals surface area contributed by atoms with Crippen LogP contribution in [0.5, 0.6) is 5.75 Å². The molecule has 34 heavy (non-hydrogen) atoms. The molecular weight excluding hydrogens is 458 g/mol. The van der Waals surface area contributed by atoms with Crippen LogP contribution in [0.1, 0.15) is 23.0 Å². The van der Waals surface area contributed by atoms with Crippen molar-refractivity contribution in [3.05, 3.63) is 76.2 Å². The van der Waals surface area contributed by atoms with Crippen LogP contribution in [0.4, 0.5) is 10.5 Å². The van der Waals surface area contributed by atoms with Crippen molar-refractivity contribution in [2.75, 3.05) is 19.0 Å². The Labute approximate surface area is 198 Å². The highest BCUT2D eigenvalue weighted by atomic mass is 32.1. The molecule has 0 unspecified atom stereocenters. The molecule has 0 radical (unpaired) electrons. The van der Waals surface area contributed by atoms with E-state index in [1.54, 1.807) is 38.3 Å². The van der Waals surface area contributed by atoms with Crippen molar-refractivity contribution in [3.8, 4) is 16.3 Å². The van der Waals surface area contributed by atoms with Crippen molar-refractivity contribution in [2.24, 2.45) is 0 Å². The highest BCUT2D eigenvalue weighted by molar-refractivity contribution is 7.19. The molecule has 0 atom stereocenters. The lowest BCUT2D eigenvalue weighted by atomic mass is 10.2. The number of methoxy groups -OCH3 is 1. The van der Waals surface area contributed by atoms with Crippen molar-refractivity contribution < 1.29 is 19.1 Å². The summed E-state index contributed by atoms with van der Waals surface area (Å²) < 4.78 is 11.3. The van der Waals surface area contributed by atoms with Gasteiger partial charge in [0.2, 0.25) is 4.96 Å². The van der Waals surface area contributed by atoms with Crippen LogP contribution in [-0.2, 0) is 11.3 Å². The molecule has 0 aliphatic heterocycles. The van der Waals surface area contributed by atoms with Crippen LogP contribution in [0, 0.1) is 0 Å². The topological polar surface area (TPSA) is 124 Å². The van der Waals surface area contributed by atoms with Gasteiger partial charge in [0.25, 0.3) is 5.56 Å². The Kier molecular flexibility index (Phi) is 6.83. The first-order valence-corrected chi connectivity index (χ1v) is 11.1. The number of hydrogen-bond donors (Lipinski definition) is 2. The quantitative estimate of drug-likeness (QED) is 0.390. The Bertz CT molecular complexity index is 1380. The summed E-state index contributed by atoms with van der Waals surface area (Å²) in [4.78, 5) is 41.3. The normalized spacial score (nSPS) is 10.6. The Morgan fingerprint density at radius 2 is 1.82 bits per heavy atom. The molecule has 10 nitrogen and oxygen atoms in total. The van der Waals surface area contributed by atoms with E-state index < -0.39 is 12.0 Å². The second kappa shape index (κ2) is 10.1. The lowest BCUT2D eigenvalue weighted by molar-refractivity contribution is 0.0526. The number of nitrogens with one attached hydrogen (secondary N) is 2. The molecule has 0 aliphatic carbocycles. The van der Waals surface area contributed by atoms with Gasteiger partial charge in [0.15, 0.2) is 0 Å². The fraction of sp³-hybridized carbons (Fsp3) is 0.174. The van der Waals surface area contributed by atoms with Gasteiger partial charge < -0.3 is 20.1 Å². The Hall–Kier alpha value is -4.25. The molecule has 4 rings (SSSR count). The molecule has 174 valence electrons. The van der Waals surface area contributed by atoms with Crippen molar-refractivity contribution in [3.63, 3.8) is 0 Å². The SMILES string of the molecule is CCOC(=O)c1ccc(NC(=O)NCc2cc(=O)n3nc(-c4ccc(OC)cc4)sc3n2)cc1. The van der Waals surface area contributed by atoms with E-state index in [1.807, 2.05) is 24.3 Å². The summed E-state index contributed by atoms with van der Waals surface area (Å²) in [6.45, 7) is 2.07. The van der Waals surface area contributed by atoms with E-state index in [9.17, 15) is 14.4 Å². The molecule has 2 N–H and O–H groups in total. The van der Waals surface area contributed by atoms with E-state index in [4.69, 9.17) is 9.47 Å². The molecular formula is C23H21N5O5S. The number of carbonyl (C=O) groups excluding carboxylic acids is 2. The number of carbonyl (C=O) groups is 2. The van der Waals surface area contributed by atoms with Gasteiger partial charge in [-0.25, -0.2) is 14.6 Å². The highest BCUT2D eigenvalue weighted by Crippen LogP contribution is 2.26. The number of aromatic nitrogens is 3. The fourth-order valence-electron chi connectivity index (χ4n) is 3.05. The minimum atomic E-state index is -0.478. The standard InChI is InChI=1S/C23H21N5O5S/c1-3-33-21(30)15-4-8-16(9-5-15)25-22(31)24-13-17-12-19(29)28-23(26-17)34-20(27-28)14-6-10-18(32-2)11-7-14/h4-12H,3,13H2,1-2H3,(H2,24,25,31). The molecule has 0 spiro atoms. The summed E-state index contributed by atoms with van der Waals surface area (Å²) in [5.74, 6) is 0.297. The predicted molar refractivity (Wildman–Crippen MR) is 127 cm³/mol. The van der Waals surface area contributed by atoms with E-state index in [2.05, 4.69) is 20.7 Å². The second-order valence-electron chi connectivity index (χ2n) is 7.02. The molecule has 2 aromatic heterocycles. The minimum absolute atomic E-state index is 0.0499. The summed E-state index contributed by atoms with van der Waals surface area (Å²) in [6, 6.07) is 14.5. The predicted octanol–water partition coefficient (Wildman–Crippen LogP) is 3.33. The van der Waals surface area contributed by atoms with E-state index in [-0.39, 0.29) is 18.7 Å². The van der Waals surface area contributed by atoms with Crippen LogP contribution < -0.4 is 20.9 Å². The molecule has 11 heteroatoms. The molecule has 0 saturated carbocycles. The van der Waals surface area contributed by atoms with Crippen LogP contribution in [0.2, 0.25) is 0 Å². The van der Waals surface area contributed by atoms with Crippen LogP contribution >= 0.6 is 11.3 Å². The minimum Gasteiger partial charge on any atom is -0.497 e. The van der Waals surface area contributed by atoms with E-state index in [0.29, 0.717) is 26.9 Å². The van der Waals surface area contributed by atoms with Gasteiger partial charge in [-0.2, -0.15) is 9.61 Å². The van der Waals surface area contributed by atoms with Gasteiger partial charge in [0.1, 0.15) is 10.8 Å². The zero-order valence-corrected chi connectivity index (χ0v) is 19.2. The molecule has 4 aromatic rings. The first kappa shape index (κ1) is 22.9. The molecule has 0 fully saturated rings. The number of esters is 1. The first-order valence-electron chi connectivity index (χ1n) is 10.3. The second-order valence-corrected chi connectivity index (χ2v) is 7.98. The third-order valence-electron chi connectivity index (χ3n) is 4.72. The number of benzene rings is 2. The molecule has 2 heterocycles. The molecule has 2 aromatic carbocycles. The van der Waals surface area contributed by atoms with Crippen molar-refractivity contribution in [2.45, 2.75) is 13.5 Å². The lowest BCUT2D eigenvalue weighted by Gasteiger charge is -2.08. The summed E-state index contributed by atoms with van der Waals surface area (Å²) in [5, 5.41) is 10.3. The van der Waals surface area contributed by atoms with Gasteiger partial charge >= 0.3 is 12.0 Å². The third-order valence-corrected chi connectivity index (χ3v) is 5.68. The number of amides is 2. The maximum Gasteiger partial charge on any atom is 0.338 e. The number of hydrogen-bond acceptors (Lipinski definition) is 8. The molecule has 0 aliphatic rings. The van der Waals surface area contributed by atoms with Gasteiger partial charge in [-0.15, -0.1) is 0 Å². The first-order chi connectivity index (χ1) is 16.5. The van der Waals surface area contributed by atoms with Gasteiger partial charge in [-0.05, 0) is 55.5 Å². The van der Waals surface area contributed by atoms with E-state index >= 15 is 0 Å². The average Bonchev–Trinajstić information content (AvgIpc) is 3.28. The van der Waals surface area contributed by atoms with E-state index in [1.165, 1.54) is 21.9 Å². The van der Waals surface area contributed by atoms with Gasteiger partial charge in [-0.1, -0.05) is 11.3 Å². The number of fused-ring (bicyclic) bond motifs is 1. The van der Waals surface area contributed by atoms with E-state index in [0.717, 1.165) is 11.3 Å². The van der Waals surface area contributed by atoms with Gasteiger partial charge in [0, 0.05) is 17.3 Å². The maximum atomic E-state index is 12.5. The molecule has 0 bridgehead atoms. The van der Waals surface area contributed by atoms with Crippen molar-refractivity contribution in [1.82, 2.24) is 19.9 Å². The van der Waals surface area contributed by atoms with Crippen molar-refractivity contribution >= 4 is 34.0 Å². The Balaban J connectivity index is 1.41. The monoisotopic (exact) mass is 479 g/mol. The summed E-state index contributed by atoms with van der Waals surface area (Å²) >= 11 is 1.27. The Morgan fingerprint density at radius 3 is 2.50 bits per heavy atom. The number of ether oxygens (including phenoxy) is 2. The number of rotatable bonds is 7. The van der Waals surface area contributed by atoms with Crippen LogP contribution in [0.25, 0.3) is 15.5 Å². The van der Waals surface area contributed by atoms with Crippen molar-refractivity contribution in [1.29, 1.82) is 0 Å². The largest absolute Gasteiger partial charge is 0.497 e. The van der Waals surface area contributed by atoms with Gasteiger partial charge in [-0.3, -0.25) is 4.79 Å². The number of urea groups is 1. The average molecular weight is 480 g/mol. The fourth-order valence-corrected chi connectivity index (χ4v) is 3.98. The van der Waals surface area contributed by atoms with Gasteiger partial charge in [0.05, 0.1) is 31.5 Å². The van der Waals surface area contributed by atoms with Crippen LogP contribution in [0.15, 0.2) is 59.4 Å². The smallest absolute Gasteiger partial charge is 0.338 e. The van der Waals surface area contributed by atoms with Crippen LogP contribution in [-0.4, -0.2) is 40.3 Å². The zero-order chi connectivity index (χ0) is 24.1. The summed E-state index contributed by atoms with van der Waals surface area (Å²) in [5.41, 5.74) is 1.80. The zero-order valence-electron chi connectivity index (χ0n) is 18.4. The molecule has 0 saturated heterocycles. The number of anilines is 1. The summed E-state index contributed by atoms with van der Waals surface area (Å²) in [7, 11) is 1.59. The lowest BCUT2D eigenvalue weighted by Crippen LogP contribution is -2.29. The summed E-state index contributed by atoms with van der Waals surface area (Å²) in [6.07, 6.45) is 0. The maximum absolute atomic E-state index is 12.5.